The van der Waals surface area contributed by atoms with E-state index in [0.717, 1.165) is 57.9 Å². The van der Waals surface area contributed by atoms with Crippen molar-refractivity contribution in [3.05, 3.63) is 0 Å². The van der Waals surface area contributed by atoms with Gasteiger partial charge in [-0.25, -0.2) is 8.42 Å². The first-order valence-corrected chi connectivity index (χ1v) is 10.0. The molecule has 2 rings (SSSR count). The molecule has 0 bridgehead atoms. The van der Waals surface area contributed by atoms with Gasteiger partial charge in [-0.15, -0.1) is 0 Å². The molecule has 0 heterocycles. The number of rotatable bonds is 6. The second-order valence-corrected chi connectivity index (χ2v) is 8.88. The van der Waals surface area contributed by atoms with Gasteiger partial charge in [-0.1, -0.05) is 19.3 Å². The van der Waals surface area contributed by atoms with E-state index in [1.54, 1.807) is 0 Å². The highest BCUT2D eigenvalue weighted by atomic mass is 32.2. The van der Waals surface area contributed by atoms with Crippen molar-refractivity contribution in [2.45, 2.75) is 75.2 Å². The monoisotopic (exact) mass is 303 g/mol. The highest BCUT2D eigenvalue weighted by molar-refractivity contribution is 7.91. The molecule has 4 unspecified atom stereocenters. The average molecular weight is 303 g/mol. The van der Waals surface area contributed by atoms with Gasteiger partial charge in [0.15, 0.2) is 9.84 Å². The Morgan fingerprint density at radius 3 is 2.55 bits per heavy atom. The summed E-state index contributed by atoms with van der Waals surface area (Å²) in [4.78, 5) is 0. The predicted octanol–water partition coefficient (Wildman–Crippen LogP) is 1.87. The molecule has 0 radical (unpaired) electrons. The van der Waals surface area contributed by atoms with Crippen molar-refractivity contribution in [3.8, 4) is 0 Å². The largest absolute Gasteiger partial charge is 0.393 e. The van der Waals surface area contributed by atoms with E-state index in [-0.39, 0.29) is 17.4 Å². The van der Waals surface area contributed by atoms with Gasteiger partial charge in [0.05, 0.1) is 11.4 Å². The number of nitrogens with one attached hydrogen (secondary N) is 1. The summed E-state index contributed by atoms with van der Waals surface area (Å²) < 4.78 is 23.4. The van der Waals surface area contributed by atoms with Crippen LogP contribution >= 0.6 is 0 Å². The first-order valence-electron chi connectivity index (χ1n) is 8.09. The lowest BCUT2D eigenvalue weighted by Gasteiger charge is -2.28. The van der Waals surface area contributed by atoms with Crippen LogP contribution in [-0.2, 0) is 9.84 Å². The van der Waals surface area contributed by atoms with Crippen molar-refractivity contribution in [1.82, 2.24) is 5.32 Å². The zero-order valence-electron chi connectivity index (χ0n) is 12.6. The molecule has 0 amide bonds. The van der Waals surface area contributed by atoms with E-state index in [9.17, 15) is 13.5 Å². The molecule has 4 nitrogen and oxygen atoms in total. The van der Waals surface area contributed by atoms with E-state index in [2.05, 4.69) is 5.32 Å². The summed E-state index contributed by atoms with van der Waals surface area (Å²) in [6, 6.07) is 0.140. The van der Waals surface area contributed by atoms with Crippen LogP contribution in [0.5, 0.6) is 0 Å². The fourth-order valence-corrected chi connectivity index (χ4v) is 5.27. The van der Waals surface area contributed by atoms with E-state index in [1.807, 2.05) is 0 Å². The zero-order valence-corrected chi connectivity index (χ0v) is 13.4. The second kappa shape index (κ2) is 7.23. The standard InChI is InChI=1S/C15H29NO3S/c1-20(18,19)15-10-4-8-13(15)16-11-5-7-12-6-2-3-9-14(12)17/h12-17H,2-11H2,1H3. The van der Waals surface area contributed by atoms with Crippen molar-refractivity contribution in [2.24, 2.45) is 5.92 Å². The molecule has 2 saturated carbocycles. The van der Waals surface area contributed by atoms with Gasteiger partial charge in [-0.05, 0) is 51.0 Å². The minimum atomic E-state index is -2.92. The summed E-state index contributed by atoms with van der Waals surface area (Å²) in [5.74, 6) is 0.458. The van der Waals surface area contributed by atoms with Crippen LogP contribution in [-0.4, -0.2) is 43.7 Å². The lowest BCUT2D eigenvalue weighted by Crippen LogP contribution is -2.40. The number of aliphatic hydroxyl groups excluding tert-OH is 1. The quantitative estimate of drug-likeness (QED) is 0.735. The highest BCUT2D eigenvalue weighted by Crippen LogP contribution is 2.28. The molecule has 2 aliphatic rings. The van der Waals surface area contributed by atoms with E-state index < -0.39 is 9.84 Å². The zero-order chi connectivity index (χ0) is 14.6. The van der Waals surface area contributed by atoms with Crippen LogP contribution in [0.25, 0.3) is 0 Å². The molecule has 0 aromatic carbocycles. The molecule has 2 fully saturated rings. The Hall–Kier alpha value is -0.130. The molecule has 5 heteroatoms. The van der Waals surface area contributed by atoms with Gasteiger partial charge in [0.2, 0.25) is 0 Å². The van der Waals surface area contributed by atoms with Crippen molar-refractivity contribution in [1.29, 1.82) is 0 Å². The van der Waals surface area contributed by atoms with Crippen LogP contribution in [0.2, 0.25) is 0 Å². The number of hydrogen-bond donors (Lipinski definition) is 2. The fraction of sp³-hybridized carbons (Fsp3) is 1.00. The van der Waals surface area contributed by atoms with E-state index in [0.29, 0.717) is 5.92 Å². The summed E-state index contributed by atoms with van der Waals surface area (Å²) in [7, 11) is -2.92. The Morgan fingerprint density at radius 1 is 1.10 bits per heavy atom. The highest BCUT2D eigenvalue weighted by Gasteiger charge is 2.34. The maximum Gasteiger partial charge on any atom is 0.151 e. The van der Waals surface area contributed by atoms with Crippen LogP contribution in [0, 0.1) is 5.92 Å². The maximum atomic E-state index is 11.7. The Balaban J connectivity index is 1.68. The van der Waals surface area contributed by atoms with Crippen molar-refractivity contribution in [3.63, 3.8) is 0 Å². The second-order valence-electron chi connectivity index (χ2n) is 6.61. The average Bonchev–Trinajstić information content (AvgIpc) is 2.85. The van der Waals surface area contributed by atoms with Gasteiger partial charge >= 0.3 is 0 Å². The first kappa shape index (κ1) is 16.2. The van der Waals surface area contributed by atoms with Crippen LogP contribution < -0.4 is 5.32 Å². The third-order valence-electron chi connectivity index (χ3n) is 5.03. The van der Waals surface area contributed by atoms with Crippen molar-refractivity contribution < 1.29 is 13.5 Å². The molecular weight excluding hydrogens is 274 g/mol. The van der Waals surface area contributed by atoms with Gasteiger partial charge in [0.1, 0.15) is 0 Å². The molecule has 4 atom stereocenters. The van der Waals surface area contributed by atoms with Gasteiger partial charge < -0.3 is 10.4 Å². The smallest absolute Gasteiger partial charge is 0.151 e. The molecule has 0 aliphatic heterocycles. The predicted molar refractivity (Wildman–Crippen MR) is 81.5 cm³/mol. The molecule has 118 valence electrons. The third-order valence-corrected chi connectivity index (χ3v) is 6.69. The number of hydrogen-bond acceptors (Lipinski definition) is 4. The molecule has 2 aliphatic carbocycles. The van der Waals surface area contributed by atoms with Gasteiger partial charge in [0.25, 0.3) is 0 Å². The molecule has 2 N–H and O–H groups in total. The Labute approximate surface area is 123 Å². The Morgan fingerprint density at radius 2 is 1.85 bits per heavy atom. The molecule has 20 heavy (non-hydrogen) atoms. The molecule has 0 saturated heterocycles. The van der Waals surface area contributed by atoms with Crippen LogP contribution in [0.3, 0.4) is 0 Å². The Bertz CT molecular complexity index is 396. The van der Waals surface area contributed by atoms with E-state index >= 15 is 0 Å². The SMILES string of the molecule is CS(=O)(=O)C1CCCC1NCCCC1CCCCC1O. The minimum absolute atomic E-state index is 0.112. The normalized spacial score (nSPS) is 35.3. The fourth-order valence-electron chi connectivity index (χ4n) is 3.85. The minimum Gasteiger partial charge on any atom is -0.393 e. The Kier molecular flexibility index (Phi) is 5.87. The first-order chi connectivity index (χ1) is 9.48. The molecule has 0 spiro atoms. The van der Waals surface area contributed by atoms with Gasteiger partial charge in [-0.2, -0.15) is 0 Å². The summed E-state index contributed by atoms with van der Waals surface area (Å²) in [5.41, 5.74) is 0. The summed E-state index contributed by atoms with van der Waals surface area (Å²) in [6.45, 7) is 0.875. The maximum absolute atomic E-state index is 11.7. The van der Waals surface area contributed by atoms with E-state index in [4.69, 9.17) is 0 Å². The van der Waals surface area contributed by atoms with Crippen LogP contribution in [0.15, 0.2) is 0 Å². The molecule has 0 aromatic heterocycles. The van der Waals surface area contributed by atoms with Gasteiger partial charge in [-0.3, -0.25) is 0 Å². The summed E-state index contributed by atoms with van der Waals surface area (Å²) in [5, 5.41) is 13.2. The number of sulfone groups is 1. The van der Waals surface area contributed by atoms with Crippen LogP contribution in [0.1, 0.15) is 57.8 Å². The van der Waals surface area contributed by atoms with E-state index in [1.165, 1.54) is 12.7 Å². The van der Waals surface area contributed by atoms with Gasteiger partial charge in [0, 0.05) is 12.3 Å². The third kappa shape index (κ3) is 4.43. The summed E-state index contributed by atoms with van der Waals surface area (Å²) in [6.07, 6.45) is 10.6. The lowest BCUT2D eigenvalue weighted by molar-refractivity contribution is 0.0642. The topological polar surface area (TPSA) is 66.4 Å². The summed E-state index contributed by atoms with van der Waals surface area (Å²) >= 11 is 0. The molecular formula is C15H29NO3S. The lowest BCUT2D eigenvalue weighted by atomic mass is 9.83. The van der Waals surface area contributed by atoms with Crippen LogP contribution in [0.4, 0.5) is 0 Å². The number of aliphatic hydroxyl groups is 1. The molecule has 0 aromatic rings. The van der Waals surface area contributed by atoms with Crippen molar-refractivity contribution >= 4 is 9.84 Å². The van der Waals surface area contributed by atoms with Crippen molar-refractivity contribution in [2.75, 3.05) is 12.8 Å².